The average Bonchev–Trinajstić information content (AvgIpc) is 2.04. The maximum Gasteiger partial charge on any atom is 0.270 e. The van der Waals surface area contributed by atoms with Crippen LogP contribution in [0.2, 0.25) is 0 Å². The van der Waals surface area contributed by atoms with Crippen molar-refractivity contribution >= 4 is 0 Å². The largest absolute Gasteiger partial charge is 0.391 e. The predicted molar refractivity (Wildman–Crippen MR) is 37.9 cm³/mol. The first-order valence-corrected chi connectivity index (χ1v) is 3.96. The number of aliphatic hydroxyl groups excluding tert-OH is 1. The Bertz CT molecular complexity index is 145. The van der Waals surface area contributed by atoms with Gasteiger partial charge in [0, 0.05) is 0 Å². The minimum absolute atomic E-state index is 0.394. The summed E-state index contributed by atoms with van der Waals surface area (Å²) < 4.78 is 36.4. The van der Waals surface area contributed by atoms with Crippen LogP contribution in [0, 0.1) is 0 Å². The number of hydrogen-bond acceptors (Lipinski definition) is 2. The van der Waals surface area contributed by atoms with E-state index in [4.69, 9.17) is 5.11 Å². The van der Waals surface area contributed by atoms with Crippen molar-refractivity contribution in [1.29, 1.82) is 0 Å². The van der Waals surface area contributed by atoms with Gasteiger partial charge in [-0.3, -0.25) is 0 Å². The Morgan fingerprint density at radius 3 is 2.50 bits per heavy atom. The molecule has 0 saturated carbocycles. The number of piperidine rings is 1. The van der Waals surface area contributed by atoms with Crippen LogP contribution in [0.5, 0.6) is 0 Å². The molecule has 2 N–H and O–H groups in total. The first-order valence-electron chi connectivity index (χ1n) is 3.96. The first-order chi connectivity index (χ1) is 5.63. The molecule has 12 heavy (non-hydrogen) atoms. The average molecular weight is 183 g/mol. The van der Waals surface area contributed by atoms with Gasteiger partial charge in [-0.25, -0.2) is 13.2 Å². The first kappa shape index (κ1) is 9.80. The van der Waals surface area contributed by atoms with Gasteiger partial charge in [-0.1, -0.05) is 0 Å². The summed E-state index contributed by atoms with van der Waals surface area (Å²) in [5.41, 5.74) is 0. The van der Waals surface area contributed by atoms with Gasteiger partial charge in [0.15, 0.2) is 6.17 Å². The zero-order chi connectivity index (χ0) is 9.14. The lowest BCUT2D eigenvalue weighted by Gasteiger charge is -2.30. The van der Waals surface area contributed by atoms with Crippen LogP contribution in [0.1, 0.15) is 12.8 Å². The van der Waals surface area contributed by atoms with Gasteiger partial charge < -0.3 is 10.4 Å². The lowest BCUT2D eigenvalue weighted by atomic mass is 9.98. The number of hydrogen-bond donors (Lipinski definition) is 2. The van der Waals surface area contributed by atoms with Gasteiger partial charge in [-0.05, 0) is 19.4 Å². The minimum Gasteiger partial charge on any atom is -0.391 e. The summed E-state index contributed by atoms with van der Waals surface area (Å²) in [4.78, 5) is 0. The highest BCUT2D eigenvalue weighted by atomic mass is 19.3. The molecule has 1 aliphatic heterocycles. The SMILES string of the molecule is OC1CCCNC1C(F)C(F)F. The molecule has 0 aliphatic carbocycles. The number of halogens is 3. The van der Waals surface area contributed by atoms with Gasteiger partial charge in [0.05, 0.1) is 12.1 Å². The van der Waals surface area contributed by atoms with Crippen molar-refractivity contribution in [3.63, 3.8) is 0 Å². The molecule has 0 amide bonds. The van der Waals surface area contributed by atoms with Gasteiger partial charge in [0.25, 0.3) is 6.43 Å². The highest BCUT2D eigenvalue weighted by Crippen LogP contribution is 2.18. The van der Waals surface area contributed by atoms with E-state index in [1.807, 2.05) is 0 Å². The molecule has 0 bridgehead atoms. The molecule has 1 saturated heterocycles. The quantitative estimate of drug-likeness (QED) is 0.660. The summed E-state index contributed by atoms with van der Waals surface area (Å²) in [6, 6.07) is -1.10. The van der Waals surface area contributed by atoms with Crippen LogP contribution >= 0.6 is 0 Å². The summed E-state index contributed by atoms with van der Waals surface area (Å²) >= 11 is 0. The molecule has 72 valence electrons. The van der Waals surface area contributed by atoms with Crippen LogP contribution in [-0.2, 0) is 0 Å². The molecule has 1 heterocycles. The van der Waals surface area contributed by atoms with Crippen LogP contribution in [-0.4, -0.2) is 36.4 Å². The minimum atomic E-state index is -3.02. The third-order valence-electron chi connectivity index (χ3n) is 2.06. The van der Waals surface area contributed by atoms with E-state index >= 15 is 0 Å². The smallest absolute Gasteiger partial charge is 0.270 e. The van der Waals surface area contributed by atoms with Crippen molar-refractivity contribution in [3.05, 3.63) is 0 Å². The van der Waals surface area contributed by atoms with Crippen molar-refractivity contribution in [2.24, 2.45) is 0 Å². The van der Waals surface area contributed by atoms with E-state index in [9.17, 15) is 13.2 Å². The molecule has 0 aromatic carbocycles. The molecule has 5 heteroatoms. The molecule has 3 atom stereocenters. The third-order valence-corrected chi connectivity index (χ3v) is 2.06. The van der Waals surface area contributed by atoms with Crippen molar-refractivity contribution in [3.8, 4) is 0 Å². The Balaban J connectivity index is 2.47. The zero-order valence-electron chi connectivity index (χ0n) is 6.51. The molecule has 1 fully saturated rings. The normalized spacial score (nSPS) is 33.8. The second-order valence-corrected chi connectivity index (χ2v) is 2.97. The molecule has 0 radical (unpaired) electrons. The van der Waals surface area contributed by atoms with Crippen LogP contribution < -0.4 is 5.32 Å². The van der Waals surface area contributed by atoms with Gasteiger partial charge in [-0.15, -0.1) is 0 Å². The fraction of sp³-hybridized carbons (Fsp3) is 1.00. The Morgan fingerprint density at radius 1 is 1.33 bits per heavy atom. The second kappa shape index (κ2) is 4.09. The van der Waals surface area contributed by atoms with Crippen molar-refractivity contribution in [2.45, 2.75) is 37.6 Å². The van der Waals surface area contributed by atoms with E-state index in [1.165, 1.54) is 0 Å². The van der Waals surface area contributed by atoms with E-state index in [2.05, 4.69) is 5.32 Å². The summed E-state index contributed by atoms with van der Waals surface area (Å²) in [5, 5.41) is 11.7. The summed E-state index contributed by atoms with van der Waals surface area (Å²) in [7, 11) is 0. The van der Waals surface area contributed by atoms with E-state index in [1.54, 1.807) is 0 Å². The highest BCUT2D eigenvalue weighted by Gasteiger charge is 2.35. The summed E-state index contributed by atoms with van der Waals surface area (Å²) in [5.74, 6) is 0. The maximum atomic E-state index is 12.7. The van der Waals surface area contributed by atoms with Gasteiger partial charge in [-0.2, -0.15) is 0 Å². The van der Waals surface area contributed by atoms with Gasteiger partial charge >= 0.3 is 0 Å². The van der Waals surface area contributed by atoms with E-state index in [0.717, 1.165) is 0 Å². The molecule has 0 aromatic rings. The van der Waals surface area contributed by atoms with Crippen LogP contribution in [0.15, 0.2) is 0 Å². The lowest BCUT2D eigenvalue weighted by molar-refractivity contribution is -0.0211. The van der Waals surface area contributed by atoms with E-state index < -0.39 is 24.7 Å². The van der Waals surface area contributed by atoms with E-state index in [0.29, 0.717) is 19.4 Å². The van der Waals surface area contributed by atoms with Crippen LogP contribution in [0.4, 0.5) is 13.2 Å². The maximum absolute atomic E-state index is 12.7. The zero-order valence-corrected chi connectivity index (χ0v) is 6.51. The molecule has 0 spiro atoms. The van der Waals surface area contributed by atoms with Crippen molar-refractivity contribution in [2.75, 3.05) is 6.54 Å². The predicted octanol–water partition coefficient (Wildman–Crippen LogP) is 0.702. The molecular formula is C7H12F3NO. The Kier molecular flexibility index (Phi) is 3.34. The second-order valence-electron chi connectivity index (χ2n) is 2.97. The Labute approximate surface area is 68.8 Å². The molecular weight excluding hydrogens is 171 g/mol. The topological polar surface area (TPSA) is 32.3 Å². The monoisotopic (exact) mass is 183 g/mol. The summed E-state index contributed by atoms with van der Waals surface area (Å²) in [6.07, 6.45) is -5.17. The molecule has 3 unspecified atom stereocenters. The molecule has 1 rings (SSSR count). The number of rotatable bonds is 2. The molecule has 1 aliphatic rings. The number of nitrogens with one attached hydrogen (secondary N) is 1. The number of aliphatic hydroxyl groups is 1. The standard InChI is InChI=1S/C7H12F3NO/c8-5(7(9)10)6-4(12)2-1-3-11-6/h4-7,11-12H,1-3H2. The van der Waals surface area contributed by atoms with E-state index in [-0.39, 0.29) is 0 Å². The van der Waals surface area contributed by atoms with Gasteiger partial charge in [0.1, 0.15) is 0 Å². The van der Waals surface area contributed by atoms with Crippen molar-refractivity contribution < 1.29 is 18.3 Å². The lowest BCUT2D eigenvalue weighted by Crippen LogP contribution is -2.52. The highest BCUT2D eigenvalue weighted by molar-refractivity contribution is 4.87. The number of alkyl halides is 3. The van der Waals surface area contributed by atoms with Crippen LogP contribution in [0.25, 0.3) is 0 Å². The summed E-state index contributed by atoms with van der Waals surface area (Å²) in [6.45, 7) is 0.495. The molecule has 0 aromatic heterocycles. The fourth-order valence-electron chi connectivity index (χ4n) is 1.38. The Hall–Kier alpha value is -0.290. The molecule has 2 nitrogen and oxygen atoms in total. The van der Waals surface area contributed by atoms with Crippen LogP contribution in [0.3, 0.4) is 0 Å². The van der Waals surface area contributed by atoms with Crippen molar-refractivity contribution in [1.82, 2.24) is 5.32 Å². The fourth-order valence-corrected chi connectivity index (χ4v) is 1.38. The Morgan fingerprint density at radius 2 is 2.00 bits per heavy atom. The third kappa shape index (κ3) is 2.10. The van der Waals surface area contributed by atoms with Gasteiger partial charge in [0.2, 0.25) is 0 Å².